The Morgan fingerprint density at radius 1 is 1.41 bits per heavy atom. The Balaban J connectivity index is 1.96. The number of hydrogen-bond acceptors (Lipinski definition) is 4. The number of nitrogens with zero attached hydrogens (tertiary/aromatic N) is 4. The molecular weight excluding hydrogens is 214 g/mol. The van der Waals surface area contributed by atoms with Crippen LogP contribution in [0.1, 0.15) is 32.5 Å². The van der Waals surface area contributed by atoms with Gasteiger partial charge in [-0.1, -0.05) is 20.3 Å². The molecule has 96 valence electrons. The molecule has 1 atom stereocenters. The number of aromatic nitrogens is 3. The molecular formula is C12H23N5. The molecule has 0 aliphatic carbocycles. The maximum absolute atomic E-state index is 4.18. The SMILES string of the molecule is CCCC(CNCC)N1CCn2cnnc2C1. The summed E-state index contributed by atoms with van der Waals surface area (Å²) in [6.45, 7) is 9.62. The van der Waals surface area contributed by atoms with Gasteiger partial charge in [0.25, 0.3) is 0 Å². The smallest absolute Gasteiger partial charge is 0.147 e. The molecule has 1 aliphatic heterocycles. The van der Waals surface area contributed by atoms with Gasteiger partial charge >= 0.3 is 0 Å². The minimum Gasteiger partial charge on any atom is -0.315 e. The maximum atomic E-state index is 4.18. The summed E-state index contributed by atoms with van der Waals surface area (Å²) in [6.07, 6.45) is 4.33. The second kappa shape index (κ2) is 6.12. The summed E-state index contributed by atoms with van der Waals surface area (Å²) in [5, 5.41) is 11.6. The quantitative estimate of drug-likeness (QED) is 0.797. The van der Waals surface area contributed by atoms with E-state index in [4.69, 9.17) is 0 Å². The molecule has 0 saturated carbocycles. The summed E-state index contributed by atoms with van der Waals surface area (Å²) in [4.78, 5) is 2.54. The van der Waals surface area contributed by atoms with E-state index in [1.165, 1.54) is 12.8 Å². The fraction of sp³-hybridized carbons (Fsp3) is 0.833. The molecule has 17 heavy (non-hydrogen) atoms. The predicted octanol–water partition coefficient (Wildman–Crippen LogP) is 0.872. The van der Waals surface area contributed by atoms with Gasteiger partial charge in [-0.15, -0.1) is 10.2 Å². The molecule has 1 N–H and O–H groups in total. The van der Waals surface area contributed by atoms with E-state index in [-0.39, 0.29) is 0 Å². The zero-order chi connectivity index (χ0) is 12.1. The Hall–Kier alpha value is -0.940. The van der Waals surface area contributed by atoms with Gasteiger partial charge in [0.05, 0.1) is 6.54 Å². The van der Waals surface area contributed by atoms with Gasteiger partial charge in [0.15, 0.2) is 0 Å². The molecule has 1 aliphatic rings. The van der Waals surface area contributed by atoms with Crippen molar-refractivity contribution >= 4 is 0 Å². The maximum Gasteiger partial charge on any atom is 0.147 e. The van der Waals surface area contributed by atoms with Gasteiger partial charge in [-0.25, -0.2) is 0 Å². The van der Waals surface area contributed by atoms with Gasteiger partial charge in [-0.2, -0.15) is 0 Å². The van der Waals surface area contributed by atoms with E-state index in [2.05, 4.69) is 38.8 Å². The van der Waals surface area contributed by atoms with E-state index >= 15 is 0 Å². The third kappa shape index (κ3) is 3.04. The molecule has 0 saturated heterocycles. The van der Waals surface area contributed by atoms with E-state index in [1.807, 2.05) is 6.33 Å². The molecule has 0 aromatic carbocycles. The third-order valence-corrected chi connectivity index (χ3v) is 3.44. The van der Waals surface area contributed by atoms with Crippen molar-refractivity contribution in [3.63, 3.8) is 0 Å². The van der Waals surface area contributed by atoms with Gasteiger partial charge in [0.1, 0.15) is 12.2 Å². The van der Waals surface area contributed by atoms with Crippen molar-refractivity contribution in [1.82, 2.24) is 25.0 Å². The Kier molecular flexibility index (Phi) is 4.50. The van der Waals surface area contributed by atoms with E-state index in [9.17, 15) is 0 Å². The van der Waals surface area contributed by atoms with Crippen LogP contribution in [0.4, 0.5) is 0 Å². The topological polar surface area (TPSA) is 46.0 Å². The van der Waals surface area contributed by atoms with E-state index in [1.54, 1.807) is 0 Å². The van der Waals surface area contributed by atoms with Crippen molar-refractivity contribution in [2.24, 2.45) is 0 Å². The van der Waals surface area contributed by atoms with Crippen molar-refractivity contribution in [2.75, 3.05) is 19.6 Å². The monoisotopic (exact) mass is 237 g/mol. The van der Waals surface area contributed by atoms with Crippen molar-refractivity contribution in [1.29, 1.82) is 0 Å². The molecule has 2 rings (SSSR count). The van der Waals surface area contributed by atoms with Gasteiger partial charge in [-0.05, 0) is 13.0 Å². The second-order valence-corrected chi connectivity index (χ2v) is 4.66. The van der Waals surface area contributed by atoms with Crippen LogP contribution in [0.15, 0.2) is 6.33 Å². The molecule has 0 amide bonds. The minimum absolute atomic E-state index is 0.630. The zero-order valence-corrected chi connectivity index (χ0v) is 10.9. The lowest BCUT2D eigenvalue weighted by Crippen LogP contribution is -2.46. The van der Waals surface area contributed by atoms with Crippen LogP contribution in [0.2, 0.25) is 0 Å². The average Bonchev–Trinajstić information content (AvgIpc) is 2.81. The summed E-state index contributed by atoms with van der Waals surface area (Å²) in [5.41, 5.74) is 0. The van der Waals surface area contributed by atoms with Crippen LogP contribution in [0.25, 0.3) is 0 Å². The summed E-state index contributed by atoms with van der Waals surface area (Å²) in [7, 11) is 0. The number of nitrogens with one attached hydrogen (secondary N) is 1. The highest BCUT2D eigenvalue weighted by Crippen LogP contribution is 2.15. The normalized spacial score (nSPS) is 18.0. The standard InChI is InChI=1S/C12H23N5/c1-3-5-11(8-13-4-2)16-6-7-17-10-14-15-12(17)9-16/h10-11,13H,3-9H2,1-2H3. The van der Waals surface area contributed by atoms with Crippen LogP contribution in [-0.2, 0) is 13.1 Å². The first kappa shape index (κ1) is 12.5. The van der Waals surface area contributed by atoms with E-state index < -0.39 is 0 Å². The Bertz CT molecular complexity index is 335. The molecule has 0 fully saturated rings. The lowest BCUT2D eigenvalue weighted by molar-refractivity contribution is 0.141. The van der Waals surface area contributed by atoms with Gasteiger partial charge < -0.3 is 9.88 Å². The highest BCUT2D eigenvalue weighted by Gasteiger charge is 2.23. The van der Waals surface area contributed by atoms with Crippen molar-refractivity contribution in [3.05, 3.63) is 12.2 Å². The molecule has 2 heterocycles. The molecule has 0 bridgehead atoms. The molecule has 1 unspecified atom stereocenters. The third-order valence-electron chi connectivity index (χ3n) is 3.44. The van der Waals surface area contributed by atoms with Crippen molar-refractivity contribution in [2.45, 2.75) is 45.8 Å². The van der Waals surface area contributed by atoms with Gasteiger partial charge in [0.2, 0.25) is 0 Å². The van der Waals surface area contributed by atoms with Crippen molar-refractivity contribution in [3.8, 4) is 0 Å². The molecule has 0 spiro atoms. The molecule has 1 aromatic rings. The summed E-state index contributed by atoms with van der Waals surface area (Å²) in [6, 6.07) is 0.630. The van der Waals surface area contributed by atoms with Crippen LogP contribution in [0.5, 0.6) is 0 Å². The fourth-order valence-corrected chi connectivity index (χ4v) is 2.45. The van der Waals surface area contributed by atoms with Crippen LogP contribution in [0, 0.1) is 0 Å². The minimum atomic E-state index is 0.630. The zero-order valence-electron chi connectivity index (χ0n) is 10.9. The van der Waals surface area contributed by atoms with Gasteiger partial charge in [0, 0.05) is 25.7 Å². The molecule has 5 heteroatoms. The summed E-state index contributed by atoms with van der Waals surface area (Å²) < 4.78 is 2.16. The first-order chi connectivity index (χ1) is 8.35. The number of hydrogen-bond donors (Lipinski definition) is 1. The first-order valence-corrected chi connectivity index (χ1v) is 6.66. The highest BCUT2D eigenvalue weighted by molar-refractivity contribution is 4.92. The van der Waals surface area contributed by atoms with E-state index in [0.29, 0.717) is 6.04 Å². The highest BCUT2D eigenvalue weighted by atomic mass is 15.3. The average molecular weight is 237 g/mol. The number of rotatable bonds is 6. The largest absolute Gasteiger partial charge is 0.315 e. The Morgan fingerprint density at radius 2 is 2.29 bits per heavy atom. The van der Waals surface area contributed by atoms with Crippen LogP contribution >= 0.6 is 0 Å². The molecule has 5 nitrogen and oxygen atoms in total. The summed E-state index contributed by atoms with van der Waals surface area (Å²) >= 11 is 0. The fourth-order valence-electron chi connectivity index (χ4n) is 2.45. The van der Waals surface area contributed by atoms with Crippen LogP contribution in [0.3, 0.4) is 0 Å². The van der Waals surface area contributed by atoms with E-state index in [0.717, 1.165) is 38.5 Å². The Morgan fingerprint density at radius 3 is 3.06 bits per heavy atom. The predicted molar refractivity (Wildman–Crippen MR) is 67.7 cm³/mol. The molecule has 1 aromatic heterocycles. The second-order valence-electron chi connectivity index (χ2n) is 4.66. The lowest BCUT2D eigenvalue weighted by Gasteiger charge is -2.34. The van der Waals surface area contributed by atoms with Crippen molar-refractivity contribution < 1.29 is 0 Å². The molecule has 0 radical (unpaired) electrons. The number of likely N-dealkylation sites (N-methyl/N-ethyl adjacent to an activating group) is 1. The lowest BCUT2D eigenvalue weighted by atomic mass is 10.1. The van der Waals surface area contributed by atoms with Crippen LogP contribution in [-0.4, -0.2) is 45.3 Å². The summed E-state index contributed by atoms with van der Waals surface area (Å²) in [5.74, 6) is 1.11. The Labute approximate surface area is 103 Å². The first-order valence-electron chi connectivity index (χ1n) is 6.66. The van der Waals surface area contributed by atoms with Crippen LogP contribution < -0.4 is 5.32 Å². The number of fused-ring (bicyclic) bond motifs is 1. The van der Waals surface area contributed by atoms with Gasteiger partial charge in [-0.3, -0.25) is 4.90 Å².